The fraction of sp³-hybridized carbons (Fsp3) is 0.588. The van der Waals surface area contributed by atoms with Crippen LogP contribution in [0.15, 0.2) is 23.1 Å². The van der Waals surface area contributed by atoms with Crippen molar-refractivity contribution in [1.82, 2.24) is 9.62 Å². The summed E-state index contributed by atoms with van der Waals surface area (Å²) in [7, 11) is -2.15. The molecule has 2 atom stereocenters. The minimum absolute atomic E-state index is 0.0141. The van der Waals surface area contributed by atoms with Crippen molar-refractivity contribution in [2.45, 2.75) is 55.2 Å². The standard InChI is InChI=1S/C17H22ClFN2O4S/c1-25-13-8-11-2-3-12(9-13)21(11)17(22)6-7-20-26(23,24)14-4-5-16(19)15(18)10-14/h4-5,10-13,20H,2-3,6-9H2,1H3. The molecule has 9 heteroatoms. The van der Waals surface area contributed by atoms with Gasteiger partial charge in [-0.2, -0.15) is 0 Å². The quantitative estimate of drug-likeness (QED) is 0.789. The summed E-state index contributed by atoms with van der Waals surface area (Å²) in [5.41, 5.74) is 0. The van der Waals surface area contributed by atoms with Crippen molar-refractivity contribution in [2.24, 2.45) is 0 Å². The normalized spacial score (nSPS) is 25.5. The first-order valence-corrected chi connectivity index (χ1v) is 10.5. The third kappa shape index (κ3) is 4.03. The topological polar surface area (TPSA) is 75.7 Å². The number of rotatable bonds is 6. The Morgan fingerprint density at radius 1 is 1.35 bits per heavy atom. The number of piperidine rings is 1. The maximum absolute atomic E-state index is 13.2. The fourth-order valence-electron chi connectivity index (χ4n) is 3.88. The van der Waals surface area contributed by atoms with Crippen molar-refractivity contribution in [1.29, 1.82) is 0 Å². The predicted molar refractivity (Wildman–Crippen MR) is 94.9 cm³/mol. The monoisotopic (exact) mass is 404 g/mol. The molecule has 2 heterocycles. The highest BCUT2D eigenvalue weighted by Gasteiger charge is 2.42. The molecule has 0 aliphatic carbocycles. The Bertz CT molecular complexity index is 775. The van der Waals surface area contributed by atoms with E-state index in [0.29, 0.717) is 0 Å². The van der Waals surface area contributed by atoms with Gasteiger partial charge in [-0.1, -0.05) is 11.6 Å². The minimum Gasteiger partial charge on any atom is -0.381 e. The largest absolute Gasteiger partial charge is 0.381 e. The molecule has 1 aromatic rings. The number of fused-ring (bicyclic) bond motifs is 2. The molecule has 0 radical (unpaired) electrons. The van der Waals surface area contributed by atoms with E-state index in [0.717, 1.165) is 43.9 Å². The molecule has 26 heavy (non-hydrogen) atoms. The van der Waals surface area contributed by atoms with Crippen LogP contribution < -0.4 is 4.72 Å². The van der Waals surface area contributed by atoms with Crippen molar-refractivity contribution < 1.29 is 22.3 Å². The van der Waals surface area contributed by atoms with Crippen LogP contribution >= 0.6 is 11.6 Å². The van der Waals surface area contributed by atoms with Gasteiger partial charge in [0.05, 0.1) is 16.0 Å². The zero-order valence-electron chi connectivity index (χ0n) is 14.5. The average Bonchev–Trinajstić information content (AvgIpc) is 2.87. The molecule has 3 rings (SSSR count). The van der Waals surface area contributed by atoms with E-state index in [9.17, 15) is 17.6 Å². The number of methoxy groups -OCH3 is 1. The summed E-state index contributed by atoms with van der Waals surface area (Å²) in [6.45, 7) is -0.0141. The highest BCUT2D eigenvalue weighted by atomic mass is 35.5. The van der Waals surface area contributed by atoms with Crippen LogP contribution in [-0.4, -0.2) is 51.1 Å². The number of sulfonamides is 1. The maximum Gasteiger partial charge on any atom is 0.240 e. The van der Waals surface area contributed by atoms with Gasteiger partial charge in [0, 0.05) is 32.2 Å². The molecule has 2 fully saturated rings. The van der Waals surface area contributed by atoms with E-state index in [2.05, 4.69) is 4.72 Å². The summed E-state index contributed by atoms with van der Waals surface area (Å²) in [4.78, 5) is 14.3. The second-order valence-electron chi connectivity index (χ2n) is 6.74. The second kappa shape index (κ2) is 7.80. The maximum atomic E-state index is 13.2. The number of ether oxygens (including phenoxy) is 1. The van der Waals surface area contributed by atoms with Crippen molar-refractivity contribution in [3.8, 4) is 0 Å². The molecule has 1 N–H and O–H groups in total. The summed E-state index contributed by atoms with van der Waals surface area (Å²) in [6, 6.07) is 3.55. The van der Waals surface area contributed by atoms with Crippen LogP contribution in [-0.2, 0) is 19.6 Å². The van der Waals surface area contributed by atoms with Gasteiger partial charge in [0.15, 0.2) is 0 Å². The lowest BCUT2D eigenvalue weighted by Crippen LogP contribution is -2.49. The molecule has 2 aliphatic heterocycles. The SMILES string of the molecule is COC1CC2CCC(C1)N2C(=O)CCNS(=O)(=O)c1ccc(F)c(Cl)c1. The van der Waals surface area contributed by atoms with Crippen LogP contribution in [0.2, 0.25) is 5.02 Å². The molecule has 0 spiro atoms. The summed E-state index contributed by atoms with van der Waals surface area (Å²) in [6.07, 6.45) is 3.88. The number of carbonyl (C=O) groups excluding carboxylic acids is 1. The van der Waals surface area contributed by atoms with Gasteiger partial charge >= 0.3 is 0 Å². The fourth-order valence-corrected chi connectivity index (χ4v) is 5.18. The highest BCUT2D eigenvalue weighted by molar-refractivity contribution is 7.89. The van der Waals surface area contributed by atoms with Gasteiger partial charge < -0.3 is 9.64 Å². The third-order valence-corrected chi connectivity index (χ3v) is 6.89. The first-order valence-electron chi connectivity index (χ1n) is 8.60. The van der Waals surface area contributed by atoms with E-state index in [-0.39, 0.29) is 47.0 Å². The Morgan fingerprint density at radius 2 is 2.00 bits per heavy atom. The zero-order chi connectivity index (χ0) is 18.9. The number of carbonyl (C=O) groups is 1. The molecule has 6 nitrogen and oxygen atoms in total. The molecule has 1 aromatic carbocycles. The Morgan fingerprint density at radius 3 is 2.58 bits per heavy atom. The number of hydrogen-bond acceptors (Lipinski definition) is 4. The molecule has 1 amide bonds. The van der Waals surface area contributed by atoms with Gasteiger partial charge in [0.2, 0.25) is 15.9 Å². The van der Waals surface area contributed by atoms with E-state index in [4.69, 9.17) is 16.3 Å². The van der Waals surface area contributed by atoms with Gasteiger partial charge in [-0.15, -0.1) is 0 Å². The Balaban J connectivity index is 1.56. The van der Waals surface area contributed by atoms with Crippen molar-refractivity contribution in [3.05, 3.63) is 29.0 Å². The molecule has 2 aliphatic rings. The number of benzene rings is 1. The number of halogens is 2. The van der Waals surface area contributed by atoms with Gasteiger partial charge in [-0.05, 0) is 43.9 Å². The first-order chi connectivity index (χ1) is 12.3. The molecular formula is C17H22ClFN2O4S. The lowest BCUT2D eigenvalue weighted by Gasteiger charge is -2.38. The predicted octanol–water partition coefficient (Wildman–Crippen LogP) is 2.32. The first kappa shape index (κ1) is 19.5. The zero-order valence-corrected chi connectivity index (χ0v) is 16.0. The van der Waals surface area contributed by atoms with E-state index in [1.54, 1.807) is 7.11 Å². The van der Waals surface area contributed by atoms with Crippen LogP contribution in [0, 0.1) is 5.82 Å². The highest BCUT2D eigenvalue weighted by Crippen LogP contribution is 2.37. The van der Waals surface area contributed by atoms with Crippen molar-refractivity contribution in [2.75, 3.05) is 13.7 Å². The van der Waals surface area contributed by atoms with E-state index in [1.807, 2.05) is 4.90 Å². The summed E-state index contributed by atoms with van der Waals surface area (Å²) in [5.74, 6) is -0.734. The lowest BCUT2D eigenvalue weighted by atomic mass is 9.99. The Labute approximate surface area is 157 Å². The second-order valence-corrected chi connectivity index (χ2v) is 8.91. The van der Waals surface area contributed by atoms with Crippen LogP contribution in [0.4, 0.5) is 4.39 Å². The van der Waals surface area contributed by atoms with Gasteiger partial charge in [-0.3, -0.25) is 4.79 Å². The van der Waals surface area contributed by atoms with E-state index < -0.39 is 15.8 Å². The number of hydrogen-bond donors (Lipinski definition) is 1. The lowest BCUT2D eigenvalue weighted by molar-refractivity contribution is -0.137. The molecule has 0 saturated carbocycles. The summed E-state index contributed by atoms with van der Waals surface area (Å²) < 4.78 is 45.5. The molecule has 2 bridgehead atoms. The van der Waals surface area contributed by atoms with Gasteiger partial charge in [-0.25, -0.2) is 17.5 Å². The Kier molecular flexibility index (Phi) is 5.86. The van der Waals surface area contributed by atoms with Crippen LogP contribution in [0.5, 0.6) is 0 Å². The van der Waals surface area contributed by atoms with Crippen molar-refractivity contribution in [3.63, 3.8) is 0 Å². The minimum atomic E-state index is -3.84. The van der Waals surface area contributed by atoms with Crippen molar-refractivity contribution >= 4 is 27.5 Å². The van der Waals surface area contributed by atoms with Crippen LogP contribution in [0.25, 0.3) is 0 Å². The van der Waals surface area contributed by atoms with Crippen LogP contribution in [0.1, 0.15) is 32.1 Å². The average molecular weight is 405 g/mol. The molecular weight excluding hydrogens is 383 g/mol. The molecule has 2 saturated heterocycles. The van der Waals surface area contributed by atoms with E-state index in [1.165, 1.54) is 0 Å². The third-order valence-electron chi connectivity index (χ3n) is 5.14. The van der Waals surface area contributed by atoms with Gasteiger partial charge in [0.25, 0.3) is 0 Å². The number of amides is 1. The summed E-state index contributed by atoms with van der Waals surface area (Å²) >= 11 is 5.63. The number of nitrogens with one attached hydrogen (secondary N) is 1. The van der Waals surface area contributed by atoms with Gasteiger partial charge in [0.1, 0.15) is 5.82 Å². The number of nitrogens with zero attached hydrogens (tertiary/aromatic N) is 1. The smallest absolute Gasteiger partial charge is 0.240 e. The van der Waals surface area contributed by atoms with Crippen LogP contribution in [0.3, 0.4) is 0 Å². The molecule has 0 aromatic heterocycles. The van der Waals surface area contributed by atoms with E-state index >= 15 is 0 Å². The molecule has 2 unspecified atom stereocenters. The summed E-state index contributed by atoms with van der Waals surface area (Å²) in [5, 5.41) is -0.262. The Hall–Kier alpha value is -1.22. The molecule has 144 valence electrons.